The topological polar surface area (TPSA) is 17.8 Å². The molecule has 0 amide bonds. The van der Waals surface area contributed by atoms with Crippen molar-refractivity contribution >= 4 is 15.9 Å². The zero-order valence-corrected chi connectivity index (χ0v) is 9.14. The number of nitrogens with zero attached hydrogens (tertiary/aromatic N) is 2. The number of aryl methyl sites for hydroxylation is 1. The minimum Gasteiger partial charge on any atom is -0.272 e. The van der Waals surface area contributed by atoms with Crippen LogP contribution in [-0.4, -0.2) is 21.3 Å². The molecule has 0 bridgehead atoms. The van der Waals surface area contributed by atoms with Gasteiger partial charge in [0.15, 0.2) is 0 Å². The van der Waals surface area contributed by atoms with E-state index >= 15 is 0 Å². The number of alkyl halides is 4. The molecule has 0 radical (unpaired) electrons. The van der Waals surface area contributed by atoms with Crippen molar-refractivity contribution in [2.45, 2.75) is 25.6 Å². The van der Waals surface area contributed by atoms with Crippen molar-refractivity contribution in [3.63, 3.8) is 0 Å². The van der Waals surface area contributed by atoms with Crippen molar-refractivity contribution in [3.8, 4) is 0 Å². The van der Waals surface area contributed by atoms with Crippen LogP contribution in [0.15, 0.2) is 12.4 Å². The fraction of sp³-hybridized carbons (Fsp3) is 0.625. The van der Waals surface area contributed by atoms with Crippen LogP contribution in [0.25, 0.3) is 0 Å². The van der Waals surface area contributed by atoms with E-state index in [1.54, 1.807) is 0 Å². The first kappa shape index (κ1) is 11.6. The number of rotatable bonds is 3. The second-order valence-electron chi connectivity index (χ2n) is 2.99. The van der Waals surface area contributed by atoms with Gasteiger partial charge in [0, 0.05) is 17.1 Å². The van der Waals surface area contributed by atoms with E-state index < -0.39 is 12.1 Å². The normalized spacial score (nSPS) is 14.4. The molecule has 1 aromatic heterocycles. The molecule has 0 aliphatic rings. The molecular formula is C8H10BrF3N2. The predicted molar refractivity (Wildman–Crippen MR) is 50.5 cm³/mol. The van der Waals surface area contributed by atoms with Crippen LogP contribution in [0, 0.1) is 0 Å². The van der Waals surface area contributed by atoms with E-state index in [9.17, 15) is 13.2 Å². The Kier molecular flexibility index (Phi) is 3.58. The fourth-order valence-corrected chi connectivity index (χ4v) is 1.36. The molecule has 0 aliphatic heterocycles. The van der Waals surface area contributed by atoms with Gasteiger partial charge in [0.2, 0.25) is 0 Å². The second-order valence-corrected chi connectivity index (χ2v) is 3.78. The Morgan fingerprint density at radius 2 is 2.21 bits per heavy atom. The van der Waals surface area contributed by atoms with Crippen molar-refractivity contribution in [2.24, 2.45) is 0 Å². The summed E-state index contributed by atoms with van der Waals surface area (Å²) in [7, 11) is 0. The molecule has 0 N–H and O–H groups in total. The third-order valence-electron chi connectivity index (χ3n) is 1.96. The van der Waals surface area contributed by atoms with Crippen molar-refractivity contribution < 1.29 is 13.2 Å². The van der Waals surface area contributed by atoms with Crippen LogP contribution in [-0.2, 0) is 6.54 Å². The minimum atomic E-state index is -4.19. The highest BCUT2D eigenvalue weighted by molar-refractivity contribution is 9.09. The summed E-state index contributed by atoms with van der Waals surface area (Å²) < 4.78 is 38.3. The summed E-state index contributed by atoms with van der Waals surface area (Å²) in [5.74, 6) is -1.45. The molecule has 0 aliphatic carbocycles. The molecule has 1 atom stereocenters. The minimum absolute atomic E-state index is 0.207. The van der Waals surface area contributed by atoms with E-state index in [2.05, 4.69) is 21.0 Å². The number of hydrogen-bond donors (Lipinski definition) is 0. The average Bonchev–Trinajstić information content (AvgIpc) is 2.50. The van der Waals surface area contributed by atoms with Gasteiger partial charge in [-0.1, -0.05) is 15.9 Å². The second kappa shape index (κ2) is 4.33. The Hall–Kier alpha value is -0.520. The third-order valence-corrected chi connectivity index (χ3v) is 2.31. The lowest BCUT2D eigenvalue weighted by Crippen LogP contribution is -2.17. The van der Waals surface area contributed by atoms with Gasteiger partial charge in [0.05, 0.1) is 18.7 Å². The number of hydrogen-bond acceptors (Lipinski definition) is 1. The summed E-state index contributed by atoms with van der Waals surface area (Å²) in [6.45, 7) is 1.71. The van der Waals surface area contributed by atoms with Crippen LogP contribution in [0.2, 0.25) is 0 Å². The van der Waals surface area contributed by atoms with Crippen molar-refractivity contribution in [1.29, 1.82) is 0 Å². The van der Waals surface area contributed by atoms with Crippen molar-refractivity contribution in [1.82, 2.24) is 9.78 Å². The maximum atomic E-state index is 12.3. The van der Waals surface area contributed by atoms with Gasteiger partial charge in [0.1, 0.15) is 0 Å². The molecule has 2 nitrogen and oxygen atoms in total. The lowest BCUT2D eigenvalue weighted by Gasteiger charge is -2.12. The number of aromatic nitrogens is 2. The van der Waals surface area contributed by atoms with E-state index in [4.69, 9.17) is 0 Å². The molecule has 14 heavy (non-hydrogen) atoms. The Bertz CT molecular complexity index is 295. The van der Waals surface area contributed by atoms with Crippen LogP contribution in [0.3, 0.4) is 0 Å². The largest absolute Gasteiger partial charge is 0.395 e. The summed E-state index contributed by atoms with van der Waals surface area (Å²) in [6.07, 6.45) is -1.50. The summed E-state index contributed by atoms with van der Waals surface area (Å²) >= 11 is 3.19. The quantitative estimate of drug-likeness (QED) is 0.773. The van der Waals surface area contributed by atoms with Gasteiger partial charge in [0.25, 0.3) is 0 Å². The predicted octanol–water partition coefficient (Wildman–Crippen LogP) is 2.94. The zero-order valence-electron chi connectivity index (χ0n) is 7.55. The molecule has 0 aromatic carbocycles. The van der Waals surface area contributed by atoms with Crippen LogP contribution in [0.5, 0.6) is 0 Å². The Morgan fingerprint density at radius 1 is 1.57 bits per heavy atom. The lowest BCUT2D eigenvalue weighted by molar-refractivity contribution is -0.146. The van der Waals surface area contributed by atoms with E-state index in [-0.39, 0.29) is 5.56 Å². The molecule has 0 saturated heterocycles. The Balaban J connectivity index is 2.76. The SMILES string of the molecule is CC(c1cnn(CCBr)c1)C(F)(F)F. The van der Waals surface area contributed by atoms with Crippen molar-refractivity contribution in [2.75, 3.05) is 5.33 Å². The van der Waals surface area contributed by atoms with Crippen LogP contribution in [0.4, 0.5) is 13.2 Å². The Morgan fingerprint density at radius 3 is 2.71 bits per heavy atom. The summed E-state index contributed by atoms with van der Waals surface area (Å²) in [5.41, 5.74) is 0.207. The standard InChI is InChI=1S/C8H10BrF3N2/c1-6(8(10,11)12)7-4-13-14(5-7)3-2-9/h4-6H,2-3H2,1H3. The molecular weight excluding hydrogens is 261 g/mol. The van der Waals surface area contributed by atoms with Gasteiger partial charge in [-0.15, -0.1) is 0 Å². The van der Waals surface area contributed by atoms with Gasteiger partial charge < -0.3 is 0 Å². The molecule has 0 saturated carbocycles. The Labute approximate surface area is 88.2 Å². The first-order valence-electron chi connectivity index (χ1n) is 4.10. The van der Waals surface area contributed by atoms with E-state index in [0.29, 0.717) is 11.9 Å². The van der Waals surface area contributed by atoms with E-state index in [1.165, 1.54) is 17.1 Å². The molecule has 6 heteroatoms. The molecule has 80 valence electrons. The monoisotopic (exact) mass is 270 g/mol. The van der Waals surface area contributed by atoms with Crippen LogP contribution < -0.4 is 0 Å². The maximum Gasteiger partial charge on any atom is 0.395 e. The van der Waals surface area contributed by atoms with Gasteiger partial charge in [-0.2, -0.15) is 18.3 Å². The maximum absolute atomic E-state index is 12.3. The summed E-state index contributed by atoms with van der Waals surface area (Å²) in [5, 5.41) is 4.50. The molecule has 1 unspecified atom stereocenters. The summed E-state index contributed by atoms with van der Waals surface area (Å²) in [6, 6.07) is 0. The molecule has 1 heterocycles. The highest BCUT2D eigenvalue weighted by atomic mass is 79.9. The molecule has 1 rings (SSSR count). The summed E-state index contributed by atoms with van der Waals surface area (Å²) in [4.78, 5) is 0. The van der Waals surface area contributed by atoms with Gasteiger partial charge >= 0.3 is 6.18 Å². The van der Waals surface area contributed by atoms with E-state index in [0.717, 1.165) is 6.92 Å². The van der Waals surface area contributed by atoms with Gasteiger partial charge in [-0.3, -0.25) is 4.68 Å². The number of halogens is 4. The lowest BCUT2D eigenvalue weighted by atomic mass is 10.1. The van der Waals surface area contributed by atoms with Crippen LogP contribution >= 0.6 is 15.9 Å². The highest BCUT2D eigenvalue weighted by Crippen LogP contribution is 2.33. The zero-order chi connectivity index (χ0) is 10.8. The fourth-order valence-electron chi connectivity index (χ4n) is 1.00. The highest BCUT2D eigenvalue weighted by Gasteiger charge is 2.37. The average molecular weight is 271 g/mol. The smallest absolute Gasteiger partial charge is 0.272 e. The molecule has 0 spiro atoms. The van der Waals surface area contributed by atoms with Gasteiger partial charge in [-0.25, -0.2) is 0 Å². The third kappa shape index (κ3) is 2.73. The molecule has 0 fully saturated rings. The van der Waals surface area contributed by atoms with Crippen molar-refractivity contribution in [3.05, 3.63) is 18.0 Å². The van der Waals surface area contributed by atoms with E-state index in [1.807, 2.05) is 0 Å². The first-order valence-corrected chi connectivity index (χ1v) is 5.22. The van der Waals surface area contributed by atoms with Crippen LogP contribution in [0.1, 0.15) is 18.4 Å². The molecule has 1 aromatic rings. The van der Waals surface area contributed by atoms with Gasteiger partial charge in [-0.05, 0) is 6.92 Å². The first-order chi connectivity index (χ1) is 6.45.